The van der Waals surface area contributed by atoms with E-state index in [4.69, 9.17) is 61.3 Å². The van der Waals surface area contributed by atoms with Crippen LogP contribution in [0.2, 0.25) is 5.04 Å². The van der Waals surface area contributed by atoms with Gasteiger partial charge in [-0.15, -0.1) is 0 Å². The van der Waals surface area contributed by atoms with E-state index in [9.17, 15) is 0 Å². The number of alkyl halides is 1. The van der Waals surface area contributed by atoms with Gasteiger partial charge in [0.25, 0.3) is 8.32 Å². The molecule has 0 N–H and O–H groups in total. The smallest absolute Gasteiger partial charge is 0.261 e. The van der Waals surface area contributed by atoms with Gasteiger partial charge in [0.2, 0.25) is 0 Å². The molecule has 0 unspecified atom stereocenters. The fourth-order valence-electron chi connectivity index (χ4n) is 6.19. The molecule has 0 aliphatic heterocycles. The van der Waals surface area contributed by atoms with Crippen molar-refractivity contribution in [3.05, 3.63) is 60.7 Å². The lowest BCUT2D eigenvalue weighted by Crippen LogP contribution is -2.66. The summed E-state index contributed by atoms with van der Waals surface area (Å²) in [6.07, 6.45) is 4.97. The summed E-state index contributed by atoms with van der Waals surface area (Å²) in [5.74, 6) is 0. The Kier molecular flexibility index (Phi) is 37.1. The molecule has 15 heteroatoms. The first-order chi connectivity index (χ1) is 30.0. The molecule has 0 amide bonds. The van der Waals surface area contributed by atoms with Crippen molar-refractivity contribution < 1.29 is 61.3 Å². The van der Waals surface area contributed by atoms with E-state index < -0.39 is 8.32 Å². The minimum absolute atomic E-state index is 0.0581. The van der Waals surface area contributed by atoms with E-state index in [1.165, 1.54) is 34.1 Å². The van der Waals surface area contributed by atoms with Gasteiger partial charge in [-0.1, -0.05) is 117 Å². The van der Waals surface area contributed by atoms with Crippen LogP contribution in [0.25, 0.3) is 0 Å². The van der Waals surface area contributed by atoms with Crippen LogP contribution in [-0.4, -0.2) is 178 Å². The lowest BCUT2D eigenvalue weighted by Gasteiger charge is -2.43. The summed E-state index contributed by atoms with van der Waals surface area (Å²) in [6, 6.07) is 21.3. The summed E-state index contributed by atoms with van der Waals surface area (Å²) in [7, 11) is -2.54. The molecule has 0 spiro atoms. The lowest BCUT2D eigenvalue weighted by atomic mass is 10.2. The quantitative estimate of drug-likeness (QED) is 0.0347. The van der Waals surface area contributed by atoms with E-state index in [0.29, 0.717) is 159 Å². The van der Waals surface area contributed by atoms with Gasteiger partial charge in [0.15, 0.2) is 0 Å². The first-order valence-electron chi connectivity index (χ1n) is 22.3. The van der Waals surface area contributed by atoms with E-state index in [1.54, 1.807) is 0 Å². The van der Waals surface area contributed by atoms with E-state index in [-0.39, 0.29) is 5.04 Å². The topological polar surface area (TPSA) is 120 Å². The molecule has 0 atom stereocenters. The van der Waals surface area contributed by atoms with E-state index in [1.807, 2.05) is 0 Å². The average Bonchev–Trinajstić information content (AvgIpc) is 3.27. The van der Waals surface area contributed by atoms with Crippen LogP contribution < -0.4 is 10.4 Å². The van der Waals surface area contributed by atoms with Crippen LogP contribution in [-0.2, 0) is 61.3 Å². The van der Waals surface area contributed by atoms with Crippen molar-refractivity contribution in [3.63, 3.8) is 0 Å². The van der Waals surface area contributed by atoms with E-state index in [2.05, 4.69) is 104 Å². The standard InChI is InChI=1S/C46H79IO13Si/c1-46(2,3)61(44-14-8-6-9-15-44,45-16-10-7-11-17-45)60-43-42-59-41-40-58-39-38-57-37-36-56-35-34-55-33-32-54-31-30-53-29-28-52-27-26-51-25-24-50-23-22-49-21-20-48-19-13-5-4-12-18-47/h6-11,14-17H,4-5,12-13,18-43H2,1-3H3. The molecule has 2 aromatic rings. The van der Waals surface area contributed by atoms with Crippen molar-refractivity contribution in [3.8, 4) is 0 Å². The van der Waals surface area contributed by atoms with Crippen molar-refractivity contribution in [2.75, 3.05) is 170 Å². The minimum atomic E-state index is -2.54. The number of benzene rings is 2. The van der Waals surface area contributed by atoms with Crippen LogP contribution in [0.3, 0.4) is 0 Å². The zero-order valence-corrected chi connectivity index (χ0v) is 40.8. The molecule has 0 radical (unpaired) electrons. The summed E-state index contributed by atoms with van der Waals surface area (Å²) >= 11 is 2.42. The molecule has 0 bridgehead atoms. The molecule has 0 saturated carbocycles. The van der Waals surface area contributed by atoms with Crippen molar-refractivity contribution in [1.29, 1.82) is 0 Å². The maximum atomic E-state index is 6.86. The van der Waals surface area contributed by atoms with Gasteiger partial charge in [0.05, 0.1) is 159 Å². The van der Waals surface area contributed by atoms with Gasteiger partial charge in [-0.2, -0.15) is 0 Å². The van der Waals surface area contributed by atoms with Crippen molar-refractivity contribution in [1.82, 2.24) is 0 Å². The minimum Gasteiger partial charge on any atom is -0.405 e. The van der Waals surface area contributed by atoms with Gasteiger partial charge >= 0.3 is 0 Å². The Morgan fingerprint density at radius 1 is 0.328 bits per heavy atom. The van der Waals surface area contributed by atoms with Gasteiger partial charge < -0.3 is 61.3 Å². The van der Waals surface area contributed by atoms with Crippen LogP contribution in [0.1, 0.15) is 46.5 Å². The maximum Gasteiger partial charge on any atom is 0.261 e. The number of hydrogen-bond acceptors (Lipinski definition) is 13. The first-order valence-corrected chi connectivity index (χ1v) is 25.7. The molecular weight excluding hydrogens is 915 g/mol. The first kappa shape index (κ1) is 56.0. The number of rotatable bonds is 45. The van der Waals surface area contributed by atoms with Crippen LogP contribution in [0.4, 0.5) is 0 Å². The normalized spacial score (nSPS) is 12.1. The fraction of sp³-hybridized carbons (Fsp3) is 0.739. The summed E-state index contributed by atoms with van der Waals surface area (Å²) in [5, 5.41) is 2.48. The van der Waals surface area contributed by atoms with Crippen molar-refractivity contribution in [2.24, 2.45) is 0 Å². The Labute approximate surface area is 382 Å². The second kappa shape index (κ2) is 40.4. The summed E-state index contributed by atoms with van der Waals surface area (Å²) in [4.78, 5) is 0. The third-order valence-corrected chi connectivity index (χ3v) is 15.0. The molecule has 13 nitrogen and oxygen atoms in total. The van der Waals surface area contributed by atoms with Gasteiger partial charge in [-0.05, 0) is 32.7 Å². The molecule has 0 aliphatic rings. The Morgan fingerprint density at radius 2 is 0.574 bits per heavy atom. The fourth-order valence-corrected chi connectivity index (χ4v) is 11.3. The zero-order valence-electron chi connectivity index (χ0n) is 37.7. The molecule has 352 valence electrons. The lowest BCUT2D eigenvalue weighted by molar-refractivity contribution is -0.0285. The number of ether oxygens (including phenoxy) is 12. The summed E-state index contributed by atoms with van der Waals surface area (Å²) in [6.45, 7) is 20.2. The molecule has 61 heavy (non-hydrogen) atoms. The number of hydrogen-bond donors (Lipinski definition) is 0. The predicted molar refractivity (Wildman–Crippen MR) is 251 cm³/mol. The van der Waals surface area contributed by atoms with Crippen molar-refractivity contribution >= 4 is 41.3 Å². The Hall–Kier alpha value is -1.13. The van der Waals surface area contributed by atoms with Crippen LogP contribution in [0, 0.1) is 0 Å². The highest BCUT2D eigenvalue weighted by Crippen LogP contribution is 2.36. The molecule has 0 aliphatic carbocycles. The molecule has 0 saturated heterocycles. The molecule has 2 aromatic carbocycles. The highest BCUT2D eigenvalue weighted by Gasteiger charge is 2.50. The molecular formula is C46H79IO13Si. The van der Waals surface area contributed by atoms with Gasteiger partial charge in [-0.3, -0.25) is 0 Å². The maximum absolute atomic E-state index is 6.86. The molecule has 0 aromatic heterocycles. The second-order valence-electron chi connectivity index (χ2n) is 15.0. The number of unbranched alkanes of at least 4 members (excludes halogenated alkanes) is 3. The van der Waals surface area contributed by atoms with Crippen LogP contribution in [0.15, 0.2) is 60.7 Å². The average molecular weight is 995 g/mol. The second-order valence-corrected chi connectivity index (χ2v) is 20.3. The molecule has 2 rings (SSSR count). The molecule has 0 heterocycles. The Morgan fingerprint density at radius 3 is 0.836 bits per heavy atom. The monoisotopic (exact) mass is 994 g/mol. The largest absolute Gasteiger partial charge is 0.405 e. The van der Waals surface area contributed by atoms with Gasteiger partial charge in [0, 0.05) is 6.61 Å². The summed E-state index contributed by atoms with van der Waals surface area (Å²) in [5.41, 5.74) is 0. The third kappa shape index (κ3) is 29.1. The van der Waals surface area contributed by atoms with E-state index >= 15 is 0 Å². The Balaban J connectivity index is 1.24. The zero-order chi connectivity index (χ0) is 43.6. The van der Waals surface area contributed by atoms with Crippen molar-refractivity contribution in [2.45, 2.75) is 51.5 Å². The Bertz CT molecular complexity index is 1160. The van der Waals surface area contributed by atoms with Crippen LogP contribution >= 0.6 is 22.6 Å². The SMILES string of the molecule is CC(C)(C)[Si](OCCOCCOCCOCCOCCOCCOCCOCCOCCOCCOCCOCCOCCCCCCI)(c1ccccc1)c1ccccc1. The predicted octanol–water partition coefficient (Wildman–Crippen LogP) is 5.76. The van der Waals surface area contributed by atoms with Crippen LogP contribution in [0.5, 0.6) is 0 Å². The highest BCUT2D eigenvalue weighted by atomic mass is 127. The number of halogens is 1. The van der Waals surface area contributed by atoms with Gasteiger partial charge in [0.1, 0.15) is 0 Å². The highest BCUT2D eigenvalue weighted by molar-refractivity contribution is 14.1. The third-order valence-electron chi connectivity index (χ3n) is 9.23. The van der Waals surface area contributed by atoms with Gasteiger partial charge in [-0.25, -0.2) is 0 Å². The van der Waals surface area contributed by atoms with E-state index in [0.717, 1.165) is 13.0 Å². The summed E-state index contributed by atoms with van der Waals surface area (Å²) < 4.78 is 75.0. The molecule has 0 fully saturated rings.